The van der Waals surface area contributed by atoms with Crippen LogP contribution in [0.5, 0.6) is 0 Å². The lowest BCUT2D eigenvalue weighted by atomic mass is 9.82. The third-order valence-electron chi connectivity index (χ3n) is 4.67. The van der Waals surface area contributed by atoms with Gasteiger partial charge in [0.05, 0.1) is 19.3 Å². The molecular formula is C15H26N4O. The maximum absolute atomic E-state index is 6.61. The molecule has 1 fully saturated rings. The lowest BCUT2D eigenvalue weighted by molar-refractivity contribution is -0.0278. The number of nitrogens with two attached hydrogens (primary N) is 2. The molecule has 2 unspecified atom stereocenters. The Labute approximate surface area is 121 Å². The number of aromatic nitrogens is 1. The molecule has 0 aromatic carbocycles. The number of nitrogens with zero attached hydrogens (tertiary/aromatic N) is 2. The maximum Gasteiger partial charge on any atom is 0.128 e. The summed E-state index contributed by atoms with van der Waals surface area (Å²) in [5.41, 5.74) is 14.6. The molecule has 2 atom stereocenters. The van der Waals surface area contributed by atoms with Crippen molar-refractivity contribution in [2.75, 3.05) is 32.0 Å². The number of pyridine rings is 1. The van der Waals surface area contributed by atoms with E-state index in [4.69, 9.17) is 16.2 Å². The summed E-state index contributed by atoms with van der Waals surface area (Å²) >= 11 is 0. The van der Waals surface area contributed by atoms with Gasteiger partial charge < -0.3 is 16.2 Å². The maximum atomic E-state index is 6.61. The van der Waals surface area contributed by atoms with Crippen LogP contribution in [0.1, 0.15) is 37.4 Å². The van der Waals surface area contributed by atoms with Crippen molar-refractivity contribution in [2.24, 2.45) is 5.73 Å². The Morgan fingerprint density at radius 1 is 1.45 bits per heavy atom. The molecule has 0 radical (unpaired) electrons. The molecule has 1 aliphatic heterocycles. The molecule has 2 rings (SSSR count). The molecule has 112 valence electrons. The summed E-state index contributed by atoms with van der Waals surface area (Å²) in [7, 11) is 0. The molecule has 1 aromatic heterocycles. The van der Waals surface area contributed by atoms with E-state index in [0.29, 0.717) is 5.82 Å². The number of nitrogen functional groups attached to an aromatic ring is 1. The fourth-order valence-corrected chi connectivity index (χ4v) is 3.02. The van der Waals surface area contributed by atoms with Gasteiger partial charge in [0, 0.05) is 30.4 Å². The summed E-state index contributed by atoms with van der Waals surface area (Å²) in [6, 6.07) is 1.82. The molecule has 2 heterocycles. The zero-order valence-electron chi connectivity index (χ0n) is 12.7. The summed E-state index contributed by atoms with van der Waals surface area (Å²) in [4.78, 5) is 6.63. The van der Waals surface area contributed by atoms with E-state index in [2.05, 4.69) is 23.7 Å². The van der Waals surface area contributed by atoms with Crippen molar-refractivity contribution < 1.29 is 4.74 Å². The first kappa shape index (κ1) is 15.2. The fourth-order valence-electron chi connectivity index (χ4n) is 3.02. The Morgan fingerprint density at radius 3 is 2.65 bits per heavy atom. The first-order valence-corrected chi connectivity index (χ1v) is 7.30. The summed E-state index contributed by atoms with van der Waals surface area (Å²) < 4.78 is 5.45. The third kappa shape index (κ3) is 2.66. The summed E-state index contributed by atoms with van der Waals surface area (Å²) in [5, 5.41) is 0. The smallest absolute Gasteiger partial charge is 0.128 e. The van der Waals surface area contributed by atoms with Crippen LogP contribution < -0.4 is 11.5 Å². The van der Waals surface area contributed by atoms with Crippen molar-refractivity contribution >= 4 is 5.82 Å². The van der Waals surface area contributed by atoms with Gasteiger partial charge in [-0.2, -0.15) is 0 Å². The monoisotopic (exact) mass is 278 g/mol. The van der Waals surface area contributed by atoms with Crippen molar-refractivity contribution in [2.45, 2.75) is 38.8 Å². The number of hydrogen-bond acceptors (Lipinski definition) is 5. The molecule has 0 saturated carbocycles. The largest absolute Gasteiger partial charge is 0.383 e. The highest BCUT2D eigenvalue weighted by atomic mass is 16.5. The number of hydrogen-bond donors (Lipinski definition) is 2. The lowest BCUT2D eigenvalue weighted by Gasteiger charge is -2.47. The van der Waals surface area contributed by atoms with Crippen LogP contribution in [0, 0.1) is 6.92 Å². The van der Waals surface area contributed by atoms with Crippen LogP contribution in [0.3, 0.4) is 0 Å². The van der Waals surface area contributed by atoms with Crippen LogP contribution in [0.4, 0.5) is 5.82 Å². The molecule has 0 bridgehead atoms. The predicted molar refractivity (Wildman–Crippen MR) is 81.4 cm³/mol. The lowest BCUT2D eigenvalue weighted by Crippen LogP contribution is -2.57. The van der Waals surface area contributed by atoms with Crippen LogP contribution in [0.2, 0.25) is 0 Å². The average molecular weight is 278 g/mol. The quantitative estimate of drug-likeness (QED) is 0.872. The Morgan fingerprint density at radius 2 is 2.10 bits per heavy atom. The molecule has 0 spiro atoms. The topological polar surface area (TPSA) is 77.4 Å². The molecule has 1 saturated heterocycles. The number of rotatable bonds is 4. The minimum absolute atomic E-state index is 0.133. The van der Waals surface area contributed by atoms with Gasteiger partial charge in [0.15, 0.2) is 0 Å². The molecule has 5 heteroatoms. The summed E-state index contributed by atoms with van der Waals surface area (Å²) in [6.07, 6.45) is 2.70. The van der Waals surface area contributed by atoms with Gasteiger partial charge in [-0.05, 0) is 31.9 Å². The van der Waals surface area contributed by atoms with E-state index in [-0.39, 0.29) is 11.6 Å². The first-order chi connectivity index (χ1) is 9.50. The zero-order valence-corrected chi connectivity index (χ0v) is 12.7. The van der Waals surface area contributed by atoms with Crippen molar-refractivity contribution in [1.82, 2.24) is 9.88 Å². The number of morpholine rings is 1. The van der Waals surface area contributed by atoms with Crippen LogP contribution >= 0.6 is 0 Å². The minimum Gasteiger partial charge on any atom is -0.383 e. The van der Waals surface area contributed by atoms with Crippen LogP contribution in [-0.2, 0) is 4.74 Å². The first-order valence-electron chi connectivity index (χ1n) is 7.30. The van der Waals surface area contributed by atoms with Crippen molar-refractivity contribution in [3.8, 4) is 0 Å². The third-order valence-corrected chi connectivity index (χ3v) is 4.67. The van der Waals surface area contributed by atoms with E-state index in [1.54, 1.807) is 6.20 Å². The zero-order chi connectivity index (χ0) is 14.8. The highest BCUT2D eigenvalue weighted by Gasteiger charge is 2.39. The Balaban J connectivity index is 2.34. The Kier molecular flexibility index (Phi) is 4.62. The van der Waals surface area contributed by atoms with Crippen molar-refractivity contribution in [3.05, 3.63) is 23.4 Å². The van der Waals surface area contributed by atoms with E-state index in [1.807, 2.05) is 13.0 Å². The van der Waals surface area contributed by atoms with Crippen LogP contribution in [0.25, 0.3) is 0 Å². The highest BCUT2D eigenvalue weighted by molar-refractivity contribution is 5.47. The Hall–Kier alpha value is -1.17. The van der Waals surface area contributed by atoms with Gasteiger partial charge in [-0.3, -0.25) is 4.90 Å². The van der Waals surface area contributed by atoms with Gasteiger partial charge in [-0.25, -0.2) is 4.98 Å². The van der Waals surface area contributed by atoms with E-state index in [1.165, 1.54) is 0 Å². The molecule has 0 amide bonds. The van der Waals surface area contributed by atoms with Crippen molar-refractivity contribution in [3.63, 3.8) is 0 Å². The second-order valence-electron chi connectivity index (χ2n) is 5.71. The van der Waals surface area contributed by atoms with E-state index < -0.39 is 0 Å². The van der Waals surface area contributed by atoms with Crippen molar-refractivity contribution in [1.29, 1.82) is 0 Å². The Bertz CT molecular complexity index is 439. The van der Waals surface area contributed by atoms with Gasteiger partial charge in [0.25, 0.3) is 0 Å². The molecule has 1 aromatic rings. The van der Waals surface area contributed by atoms with Crippen LogP contribution in [0.15, 0.2) is 12.3 Å². The fraction of sp³-hybridized carbons (Fsp3) is 0.667. The highest BCUT2D eigenvalue weighted by Crippen LogP contribution is 2.36. The number of ether oxygens (including phenoxy) is 1. The van der Waals surface area contributed by atoms with Gasteiger partial charge in [-0.1, -0.05) is 6.92 Å². The molecular weight excluding hydrogens is 252 g/mol. The molecule has 20 heavy (non-hydrogen) atoms. The SMILES string of the molecule is CCC(C)(C(N)c1c(C)ccnc1N)N1CCOCC1. The van der Waals surface area contributed by atoms with E-state index >= 15 is 0 Å². The number of aryl methyl sites for hydroxylation is 1. The second kappa shape index (κ2) is 6.08. The summed E-state index contributed by atoms with van der Waals surface area (Å²) in [5.74, 6) is 0.547. The summed E-state index contributed by atoms with van der Waals surface area (Å²) in [6.45, 7) is 9.80. The van der Waals surface area contributed by atoms with Crippen LogP contribution in [-0.4, -0.2) is 41.7 Å². The van der Waals surface area contributed by atoms with Gasteiger partial charge >= 0.3 is 0 Å². The predicted octanol–water partition coefficient (Wildman–Crippen LogP) is 1.47. The average Bonchev–Trinajstić information content (AvgIpc) is 2.47. The van der Waals surface area contributed by atoms with E-state index in [9.17, 15) is 0 Å². The van der Waals surface area contributed by atoms with E-state index in [0.717, 1.165) is 43.9 Å². The van der Waals surface area contributed by atoms with Gasteiger partial charge in [0.1, 0.15) is 5.82 Å². The van der Waals surface area contributed by atoms with Gasteiger partial charge in [0.2, 0.25) is 0 Å². The standard InChI is InChI=1S/C15H26N4O/c1-4-15(3,19-7-9-20-10-8-19)13(16)12-11(2)5-6-18-14(12)17/h5-6,13H,4,7-10,16H2,1-3H3,(H2,17,18). The molecule has 1 aliphatic rings. The normalized spacial score (nSPS) is 21.4. The molecule has 5 nitrogen and oxygen atoms in total. The second-order valence-corrected chi connectivity index (χ2v) is 5.71. The number of anilines is 1. The van der Waals surface area contributed by atoms with Gasteiger partial charge in [-0.15, -0.1) is 0 Å². The molecule has 0 aliphatic carbocycles. The molecule has 4 N–H and O–H groups in total. The minimum atomic E-state index is -0.153.